The van der Waals surface area contributed by atoms with Crippen LogP contribution in [0.25, 0.3) is 22.5 Å². The standard InChI is InChI=1S/C23H25N5O3/c1-28-18(8-23(24)11-25-12-23)20(22(29)30)15-5-3-13-9-26-17(7-16(13)21(15)28)14-4-6-19(31-2)27-10-14/h4,6-7,9-10,25H,3,5,8,11-12,24H2,1-2H3,(H,29,30). The van der Waals surface area contributed by atoms with Gasteiger partial charge in [-0.2, -0.15) is 0 Å². The number of carbonyl (C=O) groups is 1. The van der Waals surface area contributed by atoms with Crippen LogP contribution in [0, 0.1) is 0 Å². The molecule has 3 aromatic rings. The van der Waals surface area contributed by atoms with Crippen molar-refractivity contribution in [3.05, 3.63) is 53.0 Å². The van der Waals surface area contributed by atoms with Crippen LogP contribution in [0.5, 0.6) is 5.88 Å². The maximum Gasteiger partial charge on any atom is 0.337 e. The van der Waals surface area contributed by atoms with Crippen LogP contribution >= 0.6 is 0 Å². The molecular weight excluding hydrogens is 394 g/mol. The van der Waals surface area contributed by atoms with Crippen molar-refractivity contribution < 1.29 is 14.6 Å². The van der Waals surface area contributed by atoms with Gasteiger partial charge in [-0.3, -0.25) is 4.98 Å². The maximum absolute atomic E-state index is 12.3. The Balaban J connectivity index is 1.64. The van der Waals surface area contributed by atoms with Crippen LogP contribution in [0.3, 0.4) is 0 Å². The van der Waals surface area contributed by atoms with E-state index in [2.05, 4.69) is 15.3 Å². The van der Waals surface area contributed by atoms with Gasteiger partial charge < -0.3 is 25.5 Å². The average Bonchev–Trinajstić information content (AvgIpc) is 3.04. The van der Waals surface area contributed by atoms with Gasteiger partial charge in [-0.05, 0) is 36.1 Å². The van der Waals surface area contributed by atoms with Crippen molar-refractivity contribution in [1.29, 1.82) is 0 Å². The predicted octanol–water partition coefficient (Wildman–Crippen LogP) is 1.80. The number of carboxylic acid groups (broad SMARTS) is 1. The second-order valence-electron chi connectivity index (χ2n) is 8.47. The molecule has 0 bridgehead atoms. The summed E-state index contributed by atoms with van der Waals surface area (Å²) >= 11 is 0. The number of fused-ring (bicyclic) bond motifs is 3. The minimum atomic E-state index is -0.889. The molecule has 2 aliphatic rings. The molecule has 4 N–H and O–H groups in total. The zero-order valence-electron chi connectivity index (χ0n) is 17.6. The molecule has 0 spiro atoms. The van der Waals surface area contributed by atoms with E-state index >= 15 is 0 Å². The number of rotatable bonds is 5. The fourth-order valence-corrected chi connectivity index (χ4v) is 4.72. The van der Waals surface area contributed by atoms with Gasteiger partial charge in [-0.25, -0.2) is 9.78 Å². The highest BCUT2D eigenvalue weighted by atomic mass is 16.5. The normalized spacial score (nSPS) is 16.2. The summed E-state index contributed by atoms with van der Waals surface area (Å²) < 4.78 is 7.17. The molecule has 0 amide bonds. The van der Waals surface area contributed by atoms with Crippen LogP contribution in [0.1, 0.15) is 27.2 Å². The molecule has 1 aliphatic heterocycles. The Labute approximate surface area is 180 Å². The molecule has 8 heteroatoms. The van der Waals surface area contributed by atoms with Crippen molar-refractivity contribution in [3.63, 3.8) is 0 Å². The van der Waals surface area contributed by atoms with Crippen LogP contribution < -0.4 is 15.8 Å². The molecule has 0 aromatic carbocycles. The van der Waals surface area contributed by atoms with Crippen molar-refractivity contribution in [2.75, 3.05) is 20.2 Å². The van der Waals surface area contributed by atoms with Gasteiger partial charge in [0.1, 0.15) is 0 Å². The first-order chi connectivity index (χ1) is 14.9. The summed E-state index contributed by atoms with van der Waals surface area (Å²) in [7, 11) is 3.53. The van der Waals surface area contributed by atoms with Crippen LogP contribution in [-0.4, -0.2) is 51.3 Å². The summed E-state index contributed by atoms with van der Waals surface area (Å²) in [5.41, 5.74) is 12.9. The Kier molecular flexibility index (Phi) is 4.56. The molecule has 1 fully saturated rings. The van der Waals surface area contributed by atoms with E-state index in [1.54, 1.807) is 19.4 Å². The Bertz CT molecular complexity index is 1180. The van der Waals surface area contributed by atoms with E-state index in [0.29, 0.717) is 37.4 Å². The number of aromatic carboxylic acids is 1. The van der Waals surface area contributed by atoms with E-state index in [9.17, 15) is 9.90 Å². The number of nitrogens with one attached hydrogen (secondary N) is 1. The third kappa shape index (κ3) is 3.19. The first kappa shape index (κ1) is 19.7. The van der Waals surface area contributed by atoms with Crippen LogP contribution in [0.2, 0.25) is 0 Å². The van der Waals surface area contributed by atoms with Gasteiger partial charge in [-0.15, -0.1) is 0 Å². The zero-order chi connectivity index (χ0) is 21.8. The van der Waals surface area contributed by atoms with E-state index in [0.717, 1.165) is 45.8 Å². The molecule has 5 rings (SSSR count). The number of methoxy groups -OCH3 is 1. The molecule has 4 heterocycles. The average molecular weight is 419 g/mol. The largest absolute Gasteiger partial charge is 0.481 e. The molecule has 0 unspecified atom stereocenters. The highest BCUT2D eigenvalue weighted by Gasteiger charge is 2.37. The lowest BCUT2D eigenvalue weighted by molar-refractivity contribution is 0.0693. The highest BCUT2D eigenvalue weighted by Crippen LogP contribution is 2.40. The lowest BCUT2D eigenvalue weighted by Gasteiger charge is -2.39. The highest BCUT2D eigenvalue weighted by molar-refractivity contribution is 5.95. The summed E-state index contributed by atoms with van der Waals surface area (Å²) in [6, 6.07) is 5.76. The number of aryl methyl sites for hydroxylation is 1. The third-order valence-corrected chi connectivity index (χ3v) is 6.43. The predicted molar refractivity (Wildman–Crippen MR) is 116 cm³/mol. The molecule has 3 aromatic heterocycles. The van der Waals surface area contributed by atoms with E-state index < -0.39 is 11.5 Å². The van der Waals surface area contributed by atoms with Crippen LogP contribution in [0.15, 0.2) is 30.6 Å². The fraction of sp³-hybridized carbons (Fsp3) is 0.348. The number of ether oxygens (including phenoxy) is 1. The van der Waals surface area contributed by atoms with Crippen molar-refractivity contribution >= 4 is 5.97 Å². The number of pyridine rings is 2. The number of nitrogens with two attached hydrogens (primary N) is 1. The van der Waals surface area contributed by atoms with Gasteiger partial charge in [-0.1, -0.05) is 0 Å². The molecular formula is C23H25N5O3. The summed E-state index contributed by atoms with van der Waals surface area (Å²) in [4.78, 5) is 21.2. The number of carboxylic acids is 1. The smallest absolute Gasteiger partial charge is 0.337 e. The van der Waals surface area contributed by atoms with E-state index in [-0.39, 0.29) is 0 Å². The molecule has 0 radical (unpaired) electrons. The van der Waals surface area contributed by atoms with Crippen LogP contribution in [0.4, 0.5) is 0 Å². The van der Waals surface area contributed by atoms with Gasteiger partial charge in [0.2, 0.25) is 5.88 Å². The Morgan fingerprint density at radius 1 is 1.29 bits per heavy atom. The van der Waals surface area contributed by atoms with Crippen molar-refractivity contribution in [2.45, 2.75) is 24.8 Å². The molecule has 0 atom stereocenters. The van der Waals surface area contributed by atoms with E-state index in [1.807, 2.05) is 29.9 Å². The lowest BCUT2D eigenvalue weighted by Crippen LogP contribution is -2.67. The summed E-state index contributed by atoms with van der Waals surface area (Å²) in [5, 5.41) is 13.2. The van der Waals surface area contributed by atoms with Gasteiger partial charge in [0.25, 0.3) is 0 Å². The molecule has 1 aliphatic carbocycles. The quantitative estimate of drug-likeness (QED) is 0.578. The topological polar surface area (TPSA) is 115 Å². The summed E-state index contributed by atoms with van der Waals surface area (Å²) in [5.74, 6) is -0.344. The second kappa shape index (κ2) is 7.18. The van der Waals surface area contributed by atoms with E-state index in [4.69, 9.17) is 10.5 Å². The molecule has 0 saturated carbocycles. The van der Waals surface area contributed by atoms with E-state index in [1.165, 1.54) is 0 Å². The first-order valence-electron chi connectivity index (χ1n) is 10.3. The number of aromatic nitrogens is 3. The minimum absolute atomic E-state index is 0.403. The second-order valence-corrected chi connectivity index (χ2v) is 8.47. The van der Waals surface area contributed by atoms with Crippen molar-refractivity contribution in [1.82, 2.24) is 19.9 Å². The van der Waals surface area contributed by atoms with Gasteiger partial charge in [0.15, 0.2) is 0 Å². The Morgan fingerprint density at radius 3 is 2.71 bits per heavy atom. The Hall–Kier alpha value is -3.23. The third-order valence-electron chi connectivity index (χ3n) is 6.43. The first-order valence-corrected chi connectivity index (χ1v) is 10.3. The summed E-state index contributed by atoms with van der Waals surface area (Å²) in [6.45, 7) is 1.38. The SMILES string of the molecule is COc1ccc(-c2cc3c(cn2)CCc2c(C(=O)O)c(CC4(N)CNC4)n(C)c2-3)cn1. The number of hydrogen-bond donors (Lipinski definition) is 3. The molecule has 8 nitrogen and oxygen atoms in total. The van der Waals surface area contributed by atoms with Crippen molar-refractivity contribution in [2.24, 2.45) is 12.8 Å². The zero-order valence-corrected chi connectivity index (χ0v) is 17.6. The summed E-state index contributed by atoms with van der Waals surface area (Å²) in [6.07, 6.45) is 5.60. The number of hydrogen-bond acceptors (Lipinski definition) is 6. The van der Waals surface area contributed by atoms with Crippen LogP contribution in [-0.2, 0) is 26.3 Å². The number of nitrogens with zero attached hydrogens (tertiary/aromatic N) is 3. The molecule has 1 saturated heterocycles. The van der Waals surface area contributed by atoms with Gasteiger partial charge in [0, 0.05) is 67.4 Å². The monoisotopic (exact) mass is 419 g/mol. The Morgan fingerprint density at radius 2 is 2.10 bits per heavy atom. The maximum atomic E-state index is 12.3. The minimum Gasteiger partial charge on any atom is -0.481 e. The lowest BCUT2D eigenvalue weighted by atomic mass is 9.85. The van der Waals surface area contributed by atoms with Crippen molar-refractivity contribution in [3.8, 4) is 28.4 Å². The van der Waals surface area contributed by atoms with Gasteiger partial charge >= 0.3 is 5.97 Å². The molecule has 31 heavy (non-hydrogen) atoms. The van der Waals surface area contributed by atoms with Gasteiger partial charge in [0.05, 0.1) is 24.1 Å². The fourth-order valence-electron chi connectivity index (χ4n) is 4.72. The molecule has 160 valence electrons.